The normalized spacial score (nSPS) is 12.3. The lowest BCUT2D eigenvalue weighted by Crippen LogP contribution is -2.30. The molecule has 0 spiro atoms. The molecule has 106 valence electrons. The minimum Gasteiger partial charge on any atom is -0.390 e. The third kappa shape index (κ3) is 5.30. The summed E-state index contributed by atoms with van der Waals surface area (Å²) in [5, 5.41) is 11.9. The maximum atomic E-state index is 12.5. The first-order valence-corrected chi connectivity index (χ1v) is 5.77. The van der Waals surface area contributed by atoms with Crippen LogP contribution in [0.15, 0.2) is 24.3 Å². The summed E-state index contributed by atoms with van der Waals surface area (Å²) in [6, 6.07) is 4.22. The van der Waals surface area contributed by atoms with Crippen molar-refractivity contribution in [1.29, 1.82) is 0 Å². The summed E-state index contributed by atoms with van der Waals surface area (Å²) in [7, 11) is 0. The molecule has 0 saturated carbocycles. The summed E-state index contributed by atoms with van der Waals surface area (Å²) in [4.78, 5) is 11.6. The second-order valence-corrected chi connectivity index (χ2v) is 4.90. The molecule has 0 heterocycles. The highest BCUT2D eigenvalue weighted by molar-refractivity contribution is 5.94. The van der Waals surface area contributed by atoms with E-state index in [-0.39, 0.29) is 12.1 Å². The number of alkyl halides is 3. The van der Waals surface area contributed by atoms with Crippen molar-refractivity contribution < 1.29 is 23.1 Å². The highest BCUT2D eigenvalue weighted by Crippen LogP contribution is 2.29. The number of amides is 1. The molecule has 0 radical (unpaired) electrons. The molecule has 3 nitrogen and oxygen atoms in total. The predicted molar refractivity (Wildman–Crippen MR) is 64.7 cm³/mol. The number of benzene rings is 1. The number of nitrogens with one attached hydrogen (secondary N) is 1. The first-order chi connectivity index (χ1) is 8.59. The smallest absolute Gasteiger partial charge is 0.390 e. The average Bonchev–Trinajstić information content (AvgIpc) is 2.26. The van der Waals surface area contributed by atoms with Gasteiger partial charge in [-0.2, -0.15) is 13.2 Å². The van der Waals surface area contributed by atoms with Crippen LogP contribution in [-0.4, -0.2) is 23.2 Å². The molecule has 1 aromatic carbocycles. The Morgan fingerprint density at radius 1 is 1.32 bits per heavy atom. The van der Waals surface area contributed by atoms with Gasteiger partial charge in [0.2, 0.25) is 0 Å². The third-order valence-corrected chi connectivity index (χ3v) is 2.47. The molecule has 0 aliphatic rings. The van der Waals surface area contributed by atoms with Crippen LogP contribution in [0.5, 0.6) is 0 Å². The number of aliphatic hydroxyl groups is 1. The molecule has 6 heteroatoms. The molecule has 1 amide bonds. The van der Waals surface area contributed by atoms with Gasteiger partial charge in [0.25, 0.3) is 5.91 Å². The van der Waals surface area contributed by atoms with E-state index in [1.165, 1.54) is 12.1 Å². The largest absolute Gasteiger partial charge is 0.416 e. The molecule has 0 atom stereocenters. The van der Waals surface area contributed by atoms with E-state index < -0.39 is 23.2 Å². The lowest BCUT2D eigenvalue weighted by Gasteiger charge is -2.17. The first-order valence-electron chi connectivity index (χ1n) is 5.77. The molecule has 1 aromatic rings. The number of carbonyl (C=O) groups excluding carboxylic acids is 1. The fraction of sp³-hybridized carbons (Fsp3) is 0.462. The minimum atomic E-state index is -4.47. The zero-order valence-corrected chi connectivity index (χ0v) is 10.7. The zero-order chi connectivity index (χ0) is 14.7. The van der Waals surface area contributed by atoms with E-state index in [0.29, 0.717) is 6.42 Å². The summed E-state index contributed by atoms with van der Waals surface area (Å²) >= 11 is 0. The SMILES string of the molecule is CC(C)(O)CCNC(=O)c1cccc(C(F)(F)F)c1. The third-order valence-electron chi connectivity index (χ3n) is 2.47. The summed E-state index contributed by atoms with van der Waals surface area (Å²) in [6.45, 7) is 3.37. The Bertz CT molecular complexity index is 450. The van der Waals surface area contributed by atoms with E-state index in [0.717, 1.165) is 12.1 Å². The van der Waals surface area contributed by atoms with Gasteiger partial charge in [-0.3, -0.25) is 4.79 Å². The molecule has 1 rings (SSSR count). The Balaban J connectivity index is 2.68. The lowest BCUT2D eigenvalue weighted by atomic mass is 10.1. The van der Waals surface area contributed by atoms with Crippen LogP contribution in [0.3, 0.4) is 0 Å². The number of rotatable bonds is 4. The van der Waals surface area contributed by atoms with Gasteiger partial charge in [-0.25, -0.2) is 0 Å². The Kier molecular flexibility index (Phi) is 4.57. The van der Waals surface area contributed by atoms with Gasteiger partial charge < -0.3 is 10.4 Å². The number of carbonyl (C=O) groups is 1. The quantitative estimate of drug-likeness (QED) is 0.887. The average molecular weight is 275 g/mol. The van der Waals surface area contributed by atoms with Crippen molar-refractivity contribution in [2.24, 2.45) is 0 Å². The topological polar surface area (TPSA) is 49.3 Å². The maximum Gasteiger partial charge on any atom is 0.416 e. The van der Waals surface area contributed by atoms with Crippen molar-refractivity contribution in [2.75, 3.05) is 6.54 Å². The van der Waals surface area contributed by atoms with Crippen LogP contribution in [-0.2, 0) is 6.18 Å². The predicted octanol–water partition coefficient (Wildman–Crippen LogP) is 2.60. The minimum absolute atomic E-state index is 0.0504. The Labute approximate surface area is 109 Å². The fourth-order valence-corrected chi connectivity index (χ4v) is 1.42. The van der Waals surface area contributed by atoms with Crippen molar-refractivity contribution >= 4 is 5.91 Å². The number of hydrogen-bond donors (Lipinski definition) is 2. The maximum absolute atomic E-state index is 12.5. The Morgan fingerprint density at radius 3 is 2.47 bits per heavy atom. The van der Waals surface area contributed by atoms with Crippen molar-refractivity contribution in [2.45, 2.75) is 32.0 Å². The highest BCUT2D eigenvalue weighted by atomic mass is 19.4. The van der Waals surface area contributed by atoms with Gasteiger partial charge in [-0.15, -0.1) is 0 Å². The van der Waals surface area contributed by atoms with Crippen LogP contribution >= 0.6 is 0 Å². The van der Waals surface area contributed by atoms with Crippen LogP contribution in [0.2, 0.25) is 0 Å². The van der Waals surface area contributed by atoms with E-state index in [9.17, 15) is 23.1 Å². The molecule has 0 aliphatic carbocycles. The first kappa shape index (κ1) is 15.5. The van der Waals surface area contributed by atoms with Crippen molar-refractivity contribution in [3.63, 3.8) is 0 Å². The van der Waals surface area contributed by atoms with E-state index >= 15 is 0 Å². The van der Waals surface area contributed by atoms with E-state index in [1.54, 1.807) is 13.8 Å². The Morgan fingerprint density at radius 2 is 1.95 bits per heavy atom. The second kappa shape index (κ2) is 5.61. The Hall–Kier alpha value is -1.56. The molecule has 2 N–H and O–H groups in total. The molecule has 0 aliphatic heterocycles. The summed E-state index contributed by atoms with van der Waals surface area (Å²) in [5.74, 6) is -0.588. The van der Waals surface area contributed by atoms with Gasteiger partial charge in [0, 0.05) is 12.1 Å². The van der Waals surface area contributed by atoms with Gasteiger partial charge in [0.15, 0.2) is 0 Å². The molecular weight excluding hydrogens is 259 g/mol. The number of halogens is 3. The molecular formula is C13H16F3NO2. The second-order valence-electron chi connectivity index (χ2n) is 4.90. The summed E-state index contributed by atoms with van der Waals surface area (Å²) in [6.07, 6.45) is -4.15. The molecule has 19 heavy (non-hydrogen) atoms. The van der Waals surface area contributed by atoms with E-state index in [4.69, 9.17) is 0 Å². The molecule has 0 aromatic heterocycles. The van der Waals surface area contributed by atoms with Gasteiger partial charge >= 0.3 is 6.18 Å². The van der Waals surface area contributed by atoms with Gasteiger partial charge in [0.05, 0.1) is 11.2 Å². The van der Waals surface area contributed by atoms with Gasteiger partial charge in [-0.05, 0) is 38.5 Å². The van der Waals surface area contributed by atoms with Crippen LogP contribution in [0, 0.1) is 0 Å². The lowest BCUT2D eigenvalue weighted by molar-refractivity contribution is -0.137. The van der Waals surface area contributed by atoms with E-state index in [2.05, 4.69) is 5.32 Å². The summed E-state index contributed by atoms with van der Waals surface area (Å²) in [5.41, 5.74) is -1.84. The van der Waals surface area contributed by atoms with Crippen LogP contribution in [0.4, 0.5) is 13.2 Å². The standard InChI is InChI=1S/C13H16F3NO2/c1-12(2,19)6-7-17-11(18)9-4-3-5-10(8-9)13(14,15)16/h3-5,8,19H,6-7H2,1-2H3,(H,17,18). The van der Waals surface area contributed by atoms with Crippen molar-refractivity contribution in [3.8, 4) is 0 Å². The van der Waals surface area contributed by atoms with E-state index in [1.807, 2.05) is 0 Å². The molecule has 0 fully saturated rings. The highest BCUT2D eigenvalue weighted by Gasteiger charge is 2.30. The molecule has 0 unspecified atom stereocenters. The van der Waals surface area contributed by atoms with Crippen LogP contribution in [0.1, 0.15) is 36.2 Å². The molecule has 0 saturated heterocycles. The number of hydrogen-bond acceptors (Lipinski definition) is 2. The van der Waals surface area contributed by atoms with Crippen LogP contribution < -0.4 is 5.32 Å². The van der Waals surface area contributed by atoms with Crippen LogP contribution in [0.25, 0.3) is 0 Å². The van der Waals surface area contributed by atoms with Gasteiger partial charge in [-0.1, -0.05) is 6.07 Å². The van der Waals surface area contributed by atoms with Gasteiger partial charge in [0.1, 0.15) is 0 Å². The fourth-order valence-electron chi connectivity index (χ4n) is 1.42. The van der Waals surface area contributed by atoms with Crippen molar-refractivity contribution in [3.05, 3.63) is 35.4 Å². The monoisotopic (exact) mass is 275 g/mol. The zero-order valence-electron chi connectivity index (χ0n) is 10.7. The summed E-state index contributed by atoms with van der Waals surface area (Å²) < 4.78 is 37.4. The van der Waals surface area contributed by atoms with Crippen molar-refractivity contribution in [1.82, 2.24) is 5.32 Å². The molecule has 0 bridgehead atoms.